The van der Waals surface area contributed by atoms with E-state index in [-0.39, 0.29) is 11.9 Å². The molecule has 0 aliphatic heterocycles. The van der Waals surface area contributed by atoms with E-state index in [4.69, 9.17) is 22.1 Å². The number of nitrogens with one attached hydrogen (secondary N) is 1. The highest BCUT2D eigenvalue weighted by Gasteiger charge is 2.28. The standard InChI is InChI=1S/C31H37ClN6O2/c1-22(2)37(23(3)4)19-18-35-30(39)29(20-24-8-6-5-7-9-24)38(21-33)31(34)36-26-12-16-28(17-13-26)40-27-14-10-25(32)11-15-27/h5-17,22-23,29H,18-20H2,1-4H3,(H2,34,36)(H,35,39). The summed E-state index contributed by atoms with van der Waals surface area (Å²) < 4.78 is 5.82. The summed E-state index contributed by atoms with van der Waals surface area (Å²) in [6.45, 7) is 9.66. The first-order valence-electron chi connectivity index (χ1n) is 13.3. The average molecular weight is 561 g/mol. The van der Waals surface area contributed by atoms with Crippen molar-refractivity contribution in [1.29, 1.82) is 5.26 Å². The minimum absolute atomic E-state index is 0.0732. The van der Waals surface area contributed by atoms with E-state index in [9.17, 15) is 10.1 Å². The van der Waals surface area contributed by atoms with Crippen molar-refractivity contribution in [3.8, 4) is 17.7 Å². The highest BCUT2D eigenvalue weighted by atomic mass is 35.5. The molecule has 3 N–H and O–H groups in total. The molecule has 1 atom stereocenters. The number of carbonyl (C=O) groups excluding carboxylic acids is 1. The van der Waals surface area contributed by atoms with Crippen molar-refractivity contribution < 1.29 is 9.53 Å². The van der Waals surface area contributed by atoms with E-state index in [1.807, 2.05) is 30.3 Å². The van der Waals surface area contributed by atoms with Crippen LogP contribution in [0.4, 0.5) is 5.69 Å². The summed E-state index contributed by atoms with van der Waals surface area (Å²) >= 11 is 5.93. The van der Waals surface area contributed by atoms with Crippen LogP contribution in [0.1, 0.15) is 33.3 Å². The first kappa shape index (κ1) is 30.5. The zero-order valence-corrected chi connectivity index (χ0v) is 24.2. The van der Waals surface area contributed by atoms with E-state index in [0.29, 0.717) is 53.8 Å². The molecule has 9 heteroatoms. The predicted octanol–water partition coefficient (Wildman–Crippen LogP) is 5.71. The second kappa shape index (κ2) is 14.9. The van der Waals surface area contributed by atoms with Crippen LogP contribution in [0.2, 0.25) is 5.02 Å². The third-order valence-corrected chi connectivity index (χ3v) is 6.62. The molecule has 0 aliphatic carbocycles. The Morgan fingerprint density at radius 1 is 0.975 bits per heavy atom. The number of benzene rings is 3. The summed E-state index contributed by atoms with van der Waals surface area (Å²) in [4.78, 5) is 21.3. The largest absolute Gasteiger partial charge is 0.457 e. The molecule has 0 saturated heterocycles. The number of hydrogen-bond acceptors (Lipinski definition) is 5. The number of nitrogens with zero attached hydrogens (tertiary/aromatic N) is 4. The van der Waals surface area contributed by atoms with Crippen LogP contribution in [0.3, 0.4) is 0 Å². The summed E-state index contributed by atoms with van der Waals surface area (Å²) in [5.74, 6) is 0.893. The third kappa shape index (κ3) is 9.01. The minimum atomic E-state index is -0.866. The number of carbonyl (C=O) groups is 1. The van der Waals surface area contributed by atoms with Crippen LogP contribution in [0, 0.1) is 11.5 Å². The molecule has 0 saturated carbocycles. The van der Waals surface area contributed by atoms with Crippen LogP contribution >= 0.6 is 11.6 Å². The van der Waals surface area contributed by atoms with Crippen molar-refractivity contribution in [2.45, 2.75) is 52.2 Å². The Bertz CT molecular complexity index is 1280. The van der Waals surface area contributed by atoms with E-state index in [1.165, 1.54) is 4.90 Å². The number of halogens is 1. The number of rotatable bonds is 12. The molecule has 1 unspecified atom stereocenters. The van der Waals surface area contributed by atoms with Gasteiger partial charge in [-0.05, 0) is 81.8 Å². The Labute approximate surface area is 242 Å². The molecule has 0 fully saturated rings. The van der Waals surface area contributed by atoms with Crippen LogP contribution in [-0.4, -0.2) is 52.9 Å². The van der Waals surface area contributed by atoms with Gasteiger partial charge in [-0.3, -0.25) is 9.69 Å². The lowest BCUT2D eigenvalue weighted by Crippen LogP contribution is -2.52. The maximum Gasteiger partial charge on any atom is 0.244 e. The number of ether oxygens (including phenoxy) is 1. The van der Waals surface area contributed by atoms with Crippen LogP contribution < -0.4 is 15.8 Å². The Morgan fingerprint density at radius 3 is 2.10 bits per heavy atom. The molecule has 40 heavy (non-hydrogen) atoms. The highest BCUT2D eigenvalue weighted by Crippen LogP contribution is 2.25. The van der Waals surface area contributed by atoms with Crippen LogP contribution in [-0.2, 0) is 11.2 Å². The Morgan fingerprint density at radius 2 is 1.55 bits per heavy atom. The maximum atomic E-state index is 13.4. The fourth-order valence-electron chi connectivity index (χ4n) is 4.37. The summed E-state index contributed by atoms with van der Waals surface area (Å²) in [6, 6.07) is 23.4. The lowest BCUT2D eigenvalue weighted by atomic mass is 10.0. The molecule has 1 amide bonds. The normalized spacial score (nSPS) is 12.3. The van der Waals surface area contributed by atoms with Gasteiger partial charge in [-0.1, -0.05) is 41.9 Å². The van der Waals surface area contributed by atoms with Gasteiger partial charge in [0.15, 0.2) is 6.19 Å². The quantitative estimate of drug-likeness (QED) is 0.127. The van der Waals surface area contributed by atoms with Gasteiger partial charge in [-0.2, -0.15) is 5.26 Å². The van der Waals surface area contributed by atoms with Gasteiger partial charge in [0, 0.05) is 36.6 Å². The fourth-order valence-corrected chi connectivity index (χ4v) is 4.50. The Balaban J connectivity index is 1.76. The van der Waals surface area contributed by atoms with Crippen molar-refractivity contribution in [2.24, 2.45) is 10.7 Å². The zero-order valence-electron chi connectivity index (χ0n) is 23.4. The van der Waals surface area contributed by atoms with Crippen molar-refractivity contribution in [3.63, 3.8) is 0 Å². The van der Waals surface area contributed by atoms with Crippen molar-refractivity contribution in [1.82, 2.24) is 15.1 Å². The number of aliphatic imine (C=N–C) groups is 1. The van der Waals surface area contributed by atoms with Gasteiger partial charge in [-0.15, -0.1) is 0 Å². The van der Waals surface area contributed by atoms with E-state index < -0.39 is 6.04 Å². The number of nitrogens with two attached hydrogens (primary N) is 1. The molecule has 3 rings (SSSR count). The van der Waals surface area contributed by atoms with Crippen LogP contribution in [0.5, 0.6) is 11.5 Å². The molecule has 0 aromatic heterocycles. The lowest BCUT2D eigenvalue weighted by molar-refractivity contribution is -0.124. The number of guanidine groups is 1. The SMILES string of the molecule is CC(C)N(CCNC(=O)C(Cc1ccccc1)N(C#N)C(N)=Nc1ccc(Oc2ccc(Cl)cc2)cc1)C(C)C. The maximum absolute atomic E-state index is 13.4. The van der Waals surface area contributed by atoms with Crippen LogP contribution in [0.15, 0.2) is 83.9 Å². The average Bonchev–Trinajstić information content (AvgIpc) is 2.93. The lowest BCUT2D eigenvalue weighted by Gasteiger charge is -2.31. The molecular formula is C31H37ClN6O2. The molecule has 0 bridgehead atoms. The molecule has 0 aliphatic rings. The molecule has 3 aromatic carbocycles. The third-order valence-electron chi connectivity index (χ3n) is 6.37. The van der Waals surface area contributed by atoms with Gasteiger partial charge >= 0.3 is 0 Å². The first-order chi connectivity index (χ1) is 19.2. The molecule has 0 radical (unpaired) electrons. The van der Waals surface area contributed by atoms with E-state index >= 15 is 0 Å². The summed E-state index contributed by atoms with van der Waals surface area (Å²) in [7, 11) is 0. The second-order valence-corrected chi connectivity index (χ2v) is 10.3. The second-order valence-electron chi connectivity index (χ2n) is 9.91. The number of hydrogen-bond donors (Lipinski definition) is 2. The fraction of sp³-hybridized carbons (Fsp3) is 0.323. The smallest absolute Gasteiger partial charge is 0.244 e. The van der Waals surface area contributed by atoms with Crippen molar-refractivity contribution in [3.05, 3.63) is 89.4 Å². The number of nitriles is 1. The minimum Gasteiger partial charge on any atom is -0.457 e. The van der Waals surface area contributed by atoms with E-state index in [2.05, 4.69) is 49.1 Å². The number of amides is 1. The van der Waals surface area contributed by atoms with Gasteiger partial charge in [0.05, 0.1) is 5.69 Å². The summed E-state index contributed by atoms with van der Waals surface area (Å²) in [6.07, 6.45) is 2.37. The van der Waals surface area contributed by atoms with Gasteiger partial charge in [0.2, 0.25) is 11.9 Å². The molecular weight excluding hydrogens is 524 g/mol. The van der Waals surface area contributed by atoms with Gasteiger partial charge in [0.25, 0.3) is 0 Å². The molecule has 8 nitrogen and oxygen atoms in total. The Hall–Kier alpha value is -4.06. The summed E-state index contributed by atoms with van der Waals surface area (Å²) in [5, 5.41) is 13.7. The van der Waals surface area contributed by atoms with Gasteiger partial charge < -0.3 is 15.8 Å². The topological polar surface area (TPSA) is 107 Å². The van der Waals surface area contributed by atoms with Crippen molar-refractivity contribution in [2.75, 3.05) is 13.1 Å². The van der Waals surface area contributed by atoms with Crippen LogP contribution in [0.25, 0.3) is 0 Å². The molecule has 0 spiro atoms. The monoisotopic (exact) mass is 560 g/mol. The van der Waals surface area contributed by atoms with E-state index in [1.54, 1.807) is 48.5 Å². The molecule has 0 heterocycles. The van der Waals surface area contributed by atoms with Gasteiger partial charge in [-0.25, -0.2) is 9.89 Å². The van der Waals surface area contributed by atoms with E-state index in [0.717, 1.165) is 5.56 Å². The first-order valence-corrected chi connectivity index (χ1v) is 13.7. The highest BCUT2D eigenvalue weighted by molar-refractivity contribution is 6.30. The molecule has 3 aromatic rings. The predicted molar refractivity (Wildman–Crippen MR) is 161 cm³/mol. The van der Waals surface area contributed by atoms with Crippen molar-refractivity contribution >= 4 is 29.2 Å². The molecule has 210 valence electrons. The van der Waals surface area contributed by atoms with Gasteiger partial charge in [0.1, 0.15) is 17.5 Å². The summed E-state index contributed by atoms with van der Waals surface area (Å²) in [5.41, 5.74) is 7.73. The Kier molecular flexibility index (Phi) is 11.4. The zero-order chi connectivity index (χ0) is 29.1.